The summed E-state index contributed by atoms with van der Waals surface area (Å²) in [6.07, 6.45) is 0. The van der Waals surface area contributed by atoms with E-state index in [1.807, 2.05) is 30.3 Å². The minimum Gasteiger partial charge on any atom is -0.459 e. The van der Waals surface area contributed by atoms with Gasteiger partial charge in [0.1, 0.15) is 15.6 Å². The zero-order valence-corrected chi connectivity index (χ0v) is 16.4. The van der Waals surface area contributed by atoms with Crippen LogP contribution in [0.3, 0.4) is 0 Å². The summed E-state index contributed by atoms with van der Waals surface area (Å²) in [5.74, 6) is 0.436. The number of nitrogens with zero attached hydrogens (tertiary/aromatic N) is 1. The largest absolute Gasteiger partial charge is 0.459 e. The van der Waals surface area contributed by atoms with Crippen molar-refractivity contribution in [3.63, 3.8) is 0 Å². The number of hydrogen-bond donors (Lipinski definition) is 1. The Hall–Kier alpha value is -2.16. The lowest BCUT2D eigenvalue weighted by Crippen LogP contribution is -2.29. The number of rotatable bonds is 6. The highest BCUT2D eigenvalue weighted by Crippen LogP contribution is 2.32. The Balaban J connectivity index is 1.82. The van der Waals surface area contributed by atoms with Gasteiger partial charge in [0.2, 0.25) is 5.91 Å². The van der Waals surface area contributed by atoms with Crippen LogP contribution in [0.1, 0.15) is 30.5 Å². The van der Waals surface area contributed by atoms with Crippen molar-refractivity contribution in [2.24, 2.45) is 0 Å². The van der Waals surface area contributed by atoms with Crippen LogP contribution in [0.4, 0.5) is 0 Å². The van der Waals surface area contributed by atoms with Crippen LogP contribution >= 0.6 is 11.3 Å². The predicted octanol–water partition coefficient (Wildman–Crippen LogP) is 3.51. The van der Waals surface area contributed by atoms with Crippen molar-refractivity contribution in [2.75, 3.05) is 7.05 Å². The quantitative estimate of drug-likeness (QED) is 0.696. The Kier molecular flexibility index (Phi) is 5.17. The van der Waals surface area contributed by atoms with E-state index in [1.54, 1.807) is 26.1 Å². The number of sulfonamides is 1. The summed E-state index contributed by atoms with van der Waals surface area (Å²) < 4.78 is 33.2. The molecule has 6 nitrogen and oxygen atoms in total. The molecule has 0 fully saturated rings. The molecule has 0 saturated carbocycles. The van der Waals surface area contributed by atoms with Crippen LogP contribution in [0.5, 0.6) is 0 Å². The number of carbonyl (C=O) groups is 1. The lowest BCUT2D eigenvalue weighted by molar-refractivity contribution is -0.119. The highest BCUT2D eigenvalue weighted by Gasteiger charge is 2.29. The molecule has 2 heterocycles. The summed E-state index contributed by atoms with van der Waals surface area (Å²) in [6, 6.07) is 12.3. The number of benzene rings is 1. The Bertz CT molecular complexity index is 1000. The number of furan rings is 1. The zero-order valence-electron chi connectivity index (χ0n) is 14.7. The summed E-state index contributed by atoms with van der Waals surface area (Å²) in [5.41, 5.74) is 0.730. The number of amides is 1. The summed E-state index contributed by atoms with van der Waals surface area (Å²) >= 11 is 1.15. The smallest absolute Gasteiger partial charge is 0.252 e. The van der Waals surface area contributed by atoms with E-state index in [2.05, 4.69) is 5.32 Å². The molecule has 2 aromatic heterocycles. The number of nitrogens with one attached hydrogen (secondary N) is 1. The number of fused-ring (bicyclic) bond motifs is 1. The van der Waals surface area contributed by atoms with E-state index in [0.717, 1.165) is 27.2 Å². The van der Waals surface area contributed by atoms with Gasteiger partial charge in [-0.1, -0.05) is 18.2 Å². The van der Waals surface area contributed by atoms with Crippen LogP contribution < -0.4 is 5.32 Å². The molecule has 8 heteroatoms. The number of hydrogen-bond acceptors (Lipinski definition) is 5. The molecule has 0 spiro atoms. The van der Waals surface area contributed by atoms with Crippen LogP contribution in [0, 0.1) is 0 Å². The minimum atomic E-state index is -3.66. The molecule has 0 aliphatic carbocycles. The van der Waals surface area contributed by atoms with Gasteiger partial charge in [0.05, 0.1) is 12.6 Å². The van der Waals surface area contributed by atoms with Crippen molar-refractivity contribution in [3.05, 3.63) is 53.1 Å². The van der Waals surface area contributed by atoms with Gasteiger partial charge >= 0.3 is 0 Å². The third-order valence-corrected chi connectivity index (χ3v) is 7.66. The standard InChI is InChI=1S/C18H20N2O4S2/c1-12(17-10-14-6-4-5-7-16(14)24-17)20(3)26(22,23)18-9-8-15(25-18)11-19-13(2)21/h4-10,12H,11H2,1-3H3,(H,19,21). The predicted molar refractivity (Wildman–Crippen MR) is 101 cm³/mol. The van der Waals surface area contributed by atoms with Crippen LogP contribution in [-0.4, -0.2) is 25.7 Å². The maximum Gasteiger partial charge on any atom is 0.252 e. The van der Waals surface area contributed by atoms with Crippen molar-refractivity contribution in [1.82, 2.24) is 9.62 Å². The van der Waals surface area contributed by atoms with E-state index < -0.39 is 16.1 Å². The second-order valence-electron chi connectivity index (χ2n) is 6.01. The first kappa shape index (κ1) is 18.6. The first-order chi connectivity index (χ1) is 12.3. The Morgan fingerprint density at radius 3 is 2.69 bits per heavy atom. The fraction of sp³-hybridized carbons (Fsp3) is 0.278. The molecule has 1 aromatic carbocycles. The Labute approximate surface area is 156 Å². The van der Waals surface area contributed by atoms with Gasteiger partial charge in [0, 0.05) is 24.2 Å². The van der Waals surface area contributed by atoms with Gasteiger partial charge in [-0.25, -0.2) is 8.42 Å². The molecule has 3 rings (SSSR count). The highest BCUT2D eigenvalue weighted by atomic mass is 32.2. The molecular weight excluding hydrogens is 372 g/mol. The van der Waals surface area contributed by atoms with Crippen molar-refractivity contribution in [3.8, 4) is 0 Å². The minimum absolute atomic E-state index is 0.154. The van der Waals surface area contributed by atoms with E-state index in [9.17, 15) is 13.2 Å². The zero-order chi connectivity index (χ0) is 18.9. The third kappa shape index (κ3) is 3.67. The molecule has 26 heavy (non-hydrogen) atoms. The first-order valence-corrected chi connectivity index (χ1v) is 10.3. The van der Waals surface area contributed by atoms with Gasteiger partial charge < -0.3 is 9.73 Å². The summed E-state index contributed by atoms with van der Waals surface area (Å²) in [6.45, 7) is 3.54. The molecule has 0 radical (unpaired) electrons. The van der Waals surface area contributed by atoms with Crippen molar-refractivity contribution in [2.45, 2.75) is 30.6 Å². The number of carbonyl (C=O) groups excluding carboxylic acids is 1. The average molecular weight is 393 g/mol. The average Bonchev–Trinajstić information content (AvgIpc) is 3.25. The van der Waals surface area contributed by atoms with Crippen LogP contribution in [0.2, 0.25) is 0 Å². The van der Waals surface area contributed by atoms with E-state index in [1.165, 1.54) is 11.2 Å². The normalized spacial score (nSPS) is 13.2. The first-order valence-electron chi connectivity index (χ1n) is 8.08. The van der Waals surface area contributed by atoms with Gasteiger partial charge in [0.15, 0.2) is 0 Å². The third-order valence-electron chi connectivity index (χ3n) is 4.18. The van der Waals surface area contributed by atoms with Crippen LogP contribution in [-0.2, 0) is 21.4 Å². The van der Waals surface area contributed by atoms with Crippen molar-refractivity contribution in [1.29, 1.82) is 0 Å². The van der Waals surface area contributed by atoms with Gasteiger partial charge in [-0.05, 0) is 31.2 Å². The molecule has 0 saturated heterocycles. The maximum absolute atomic E-state index is 12.9. The Morgan fingerprint density at radius 2 is 2.00 bits per heavy atom. The molecule has 1 atom stereocenters. The van der Waals surface area contributed by atoms with Crippen LogP contribution in [0.25, 0.3) is 11.0 Å². The second kappa shape index (κ2) is 7.22. The maximum atomic E-state index is 12.9. The monoisotopic (exact) mass is 392 g/mol. The SMILES string of the molecule is CC(=O)NCc1ccc(S(=O)(=O)N(C)C(C)c2cc3ccccc3o2)s1. The van der Waals surface area contributed by atoms with Gasteiger partial charge in [0.25, 0.3) is 10.0 Å². The lowest BCUT2D eigenvalue weighted by atomic mass is 10.2. The summed E-state index contributed by atoms with van der Waals surface area (Å²) in [7, 11) is -2.12. The summed E-state index contributed by atoms with van der Waals surface area (Å²) in [4.78, 5) is 11.8. The molecule has 1 amide bonds. The molecule has 138 valence electrons. The van der Waals surface area contributed by atoms with E-state index in [0.29, 0.717) is 12.3 Å². The fourth-order valence-corrected chi connectivity index (χ4v) is 5.36. The van der Waals surface area contributed by atoms with Gasteiger partial charge in [-0.15, -0.1) is 11.3 Å². The molecular formula is C18H20N2O4S2. The van der Waals surface area contributed by atoms with Gasteiger partial charge in [-0.2, -0.15) is 4.31 Å². The fourth-order valence-electron chi connectivity index (χ4n) is 2.54. The molecule has 3 aromatic rings. The lowest BCUT2D eigenvalue weighted by Gasteiger charge is -2.21. The Morgan fingerprint density at radius 1 is 1.27 bits per heavy atom. The molecule has 0 aliphatic heterocycles. The summed E-state index contributed by atoms with van der Waals surface area (Å²) in [5, 5.41) is 3.61. The second-order valence-corrected chi connectivity index (χ2v) is 9.41. The van der Waals surface area contributed by atoms with E-state index in [4.69, 9.17) is 4.42 Å². The van der Waals surface area contributed by atoms with Crippen molar-refractivity contribution >= 4 is 38.2 Å². The topological polar surface area (TPSA) is 79.6 Å². The van der Waals surface area contributed by atoms with Crippen molar-refractivity contribution < 1.29 is 17.6 Å². The molecule has 0 bridgehead atoms. The van der Waals surface area contributed by atoms with E-state index >= 15 is 0 Å². The molecule has 1 unspecified atom stereocenters. The molecule has 0 aliphatic rings. The number of para-hydroxylation sites is 1. The molecule has 1 N–H and O–H groups in total. The van der Waals surface area contributed by atoms with E-state index in [-0.39, 0.29) is 10.1 Å². The highest BCUT2D eigenvalue weighted by molar-refractivity contribution is 7.91. The van der Waals surface area contributed by atoms with Gasteiger partial charge in [-0.3, -0.25) is 4.79 Å². The van der Waals surface area contributed by atoms with Crippen LogP contribution in [0.15, 0.2) is 51.1 Å². The number of thiophene rings is 1.